The summed E-state index contributed by atoms with van der Waals surface area (Å²) in [4.78, 5) is 10.1. The van der Waals surface area contributed by atoms with E-state index in [1.807, 2.05) is 0 Å². The lowest BCUT2D eigenvalue weighted by Crippen LogP contribution is -2.62. The summed E-state index contributed by atoms with van der Waals surface area (Å²) in [7, 11) is 0. The van der Waals surface area contributed by atoms with E-state index in [-0.39, 0.29) is 0 Å². The Morgan fingerprint density at radius 3 is 1.31 bits per heavy atom. The molecule has 0 aromatic rings. The SMILES string of the molecule is O=NC1C(O)C(O)C(O)C(O)C1O. The molecule has 7 nitrogen and oxygen atoms in total. The van der Waals surface area contributed by atoms with Crippen molar-refractivity contribution in [3.8, 4) is 0 Å². The lowest BCUT2D eigenvalue weighted by Gasteiger charge is -2.38. The second-order valence-corrected chi connectivity index (χ2v) is 3.05. The molecule has 1 rings (SSSR count). The fourth-order valence-electron chi connectivity index (χ4n) is 1.34. The molecule has 13 heavy (non-hydrogen) atoms. The first kappa shape index (κ1) is 10.5. The van der Waals surface area contributed by atoms with Crippen molar-refractivity contribution in [2.75, 3.05) is 0 Å². The molecule has 76 valence electrons. The predicted octanol–water partition coefficient (Wildman–Crippen LogP) is -3.06. The Hall–Kier alpha value is -0.600. The summed E-state index contributed by atoms with van der Waals surface area (Å²) < 4.78 is 0. The van der Waals surface area contributed by atoms with Gasteiger partial charge >= 0.3 is 0 Å². The monoisotopic (exact) mass is 193 g/mol. The average Bonchev–Trinajstić information content (AvgIpc) is 2.13. The van der Waals surface area contributed by atoms with Crippen molar-refractivity contribution in [2.45, 2.75) is 36.6 Å². The minimum Gasteiger partial charge on any atom is -0.388 e. The molecule has 0 aromatic carbocycles. The zero-order chi connectivity index (χ0) is 10.2. The molecule has 7 heteroatoms. The summed E-state index contributed by atoms with van der Waals surface area (Å²) in [5.41, 5.74) is 0. The van der Waals surface area contributed by atoms with Crippen LogP contribution in [0.1, 0.15) is 0 Å². The van der Waals surface area contributed by atoms with E-state index in [1.165, 1.54) is 0 Å². The molecule has 0 bridgehead atoms. The number of nitrogens with zero attached hydrogens (tertiary/aromatic N) is 1. The molecular formula is C6H11NO6. The van der Waals surface area contributed by atoms with Gasteiger partial charge in [0.1, 0.15) is 36.6 Å². The molecule has 0 radical (unpaired) electrons. The molecule has 0 aromatic heterocycles. The van der Waals surface area contributed by atoms with Crippen molar-refractivity contribution in [2.24, 2.45) is 5.18 Å². The van der Waals surface area contributed by atoms with E-state index in [0.717, 1.165) is 0 Å². The van der Waals surface area contributed by atoms with Crippen molar-refractivity contribution in [1.82, 2.24) is 0 Å². The molecule has 0 spiro atoms. The molecular weight excluding hydrogens is 182 g/mol. The zero-order valence-electron chi connectivity index (χ0n) is 6.56. The van der Waals surface area contributed by atoms with E-state index >= 15 is 0 Å². The minimum absolute atomic E-state index is 1.52. The van der Waals surface area contributed by atoms with Gasteiger partial charge in [-0.3, -0.25) is 0 Å². The van der Waals surface area contributed by atoms with Crippen LogP contribution in [-0.2, 0) is 0 Å². The summed E-state index contributed by atoms with van der Waals surface area (Å²) in [6.07, 6.45) is -8.36. The molecule has 1 saturated carbocycles. The van der Waals surface area contributed by atoms with Crippen LogP contribution < -0.4 is 0 Å². The number of hydrogen-bond donors (Lipinski definition) is 5. The first-order valence-corrected chi connectivity index (χ1v) is 3.73. The minimum atomic E-state index is -1.68. The maximum atomic E-state index is 10.1. The zero-order valence-corrected chi connectivity index (χ0v) is 6.56. The Morgan fingerprint density at radius 1 is 0.692 bits per heavy atom. The van der Waals surface area contributed by atoms with Gasteiger partial charge in [0.25, 0.3) is 0 Å². The maximum absolute atomic E-state index is 10.1. The van der Waals surface area contributed by atoms with Crippen LogP contribution in [0.15, 0.2) is 5.18 Å². The fourth-order valence-corrected chi connectivity index (χ4v) is 1.34. The molecule has 4 atom stereocenters. The third-order valence-corrected chi connectivity index (χ3v) is 2.22. The van der Waals surface area contributed by atoms with Crippen LogP contribution in [0.25, 0.3) is 0 Å². The van der Waals surface area contributed by atoms with E-state index in [0.29, 0.717) is 0 Å². The highest BCUT2D eigenvalue weighted by atomic mass is 16.4. The summed E-state index contributed by atoms with van der Waals surface area (Å²) in [5.74, 6) is 0. The van der Waals surface area contributed by atoms with E-state index in [2.05, 4.69) is 5.18 Å². The van der Waals surface area contributed by atoms with Crippen molar-refractivity contribution >= 4 is 0 Å². The molecule has 1 aliphatic carbocycles. The van der Waals surface area contributed by atoms with Gasteiger partial charge in [-0.05, 0) is 0 Å². The molecule has 0 aliphatic heterocycles. The second kappa shape index (κ2) is 3.64. The molecule has 0 amide bonds. The van der Waals surface area contributed by atoms with E-state index in [9.17, 15) is 4.91 Å². The van der Waals surface area contributed by atoms with E-state index in [4.69, 9.17) is 25.5 Å². The van der Waals surface area contributed by atoms with Crippen molar-refractivity contribution in [3.63, 3.8) is 0 Å². The van der Waals surface area contributed by atoms with Gasteiger partial charge in [0.2, 0.25) is 0 Å². The van der Waals surface area contributed by atoms with Crippen LogP contribution in [0.4, 0.5) is 0 Å². The Morgan fingerprint density at radius 2 is 1.00 bits per heavy atom. The molecule has 0 saturated heterocycles. The van der Waals surface area contributed by atoms with Gasteiger partial charge in [-0.1, -0.05) is 5.18 Å². The summed E-state index contributed by atoms with van der Waals surface area (Å²) in [6, 6.07) is -1.52. The van der Waals surface area contributed by atoms with E-state index in [1.54, 1.807) is 0 Å². The standard InChI is InChI=1S/C6H11NO6/c8-2-1(7-13)3(9)5(11)6(12)4(2)10/h1-6,8-12H. The topological polar surface area (TPSA) is 131 Å². The largest absolute Gasteiger partial charge is 0.388 e. The highest BCUT2D eigenvalue weighted by molar-refractivity contribution is 5.01. The van der Waals surface area contributed by atoms with Gasteiger partial charge in [0.05, 0.1) is 0 Å². The van der Waals surface area contributed by atoms with Crippen LogP contribution in [0.3, 0.4) is 0 Å². The van der Waals surface area contributed by atoms with Gasteiger partial charge in [-0.2, -0.15) is 4.91 Å². The predicted molar refractivity (Wildman–Crippen MR) is 39.6 cm³/mol. The smallest absolute Gasteiger partial charge is 0.149 e. The summed E-state index contributed by atoms with van der Waals surface area (Å²) in [6.45, 7) is 0. The number of nitroso groups, excluding NO2 is 1. The highest BCUT2D eigenvalue weighted by Crippen LogP contribution is 2.23. The molecule has 4 unspecified atom stereocenters. The lowest BCUT2D eigenvalue weighted by molar-refractivity contribution is -0.184. The summed E-state index contributed by atoms with van der Waals surface area (Å²) in [5, 5.41) is 47.8. The van der Waals surface area contributed by atoms with Crippen LogP contribution in [0, 0.1) is 4.91 Å². The second-order valence-electron chi connectivity index (χ2n) is 3.05. The van der Waals surface area contributed by atoms with Crippen molar-refractivity contribution < 1.29 is 25.5 Å². The number of aliphatic hydroxyl groups excluding tert-OH is 5. The van der Waals surface area contributed by atoms with Crippen LogP contribution in [0.5, 0.6) is 0 Å². The Labute approximate surface area is 73.2 Å². The van der Waals surface area contributed by atoms with Gasteiger partial charge in [-0.25, -0.2) is 0 Å². The third kappa shape index (κ3) is 1.56. The Bertz CT molecular complexity index is 184. The van der Waals surface area contributed by atoms with E-state index < -0.39 is 36.6 Å². The summed E-state index contributed by atoms with van der Waals surface area (Å²) >= 11 is 0. The van der Waals surface area contributed by atoms with Crippen molar-refractivity contribution in [1.29, 1.82) is 0 Å². The average molecular weight is 193 g/mol. The van der Waals surface area contributed by atoms with Gasteiger partial charge in [-0.15, -0.1) is 0 Å². The molecule has 1 aliphatic rings. The van der Waals surface area contributed by atoms with Gasteiger partial charge < -0.3 is 25.5 Å². The molecule has 1 fully saturated rings. The lowest BCUT2D eigenvalue weighted by atomic mass is 9.84. The number of rotatable bonds is 1. The number of hydrogen-bond acceptors (Lipinski definition) is 7. The van der Waals surface area contributed by atoms with Crippen LogP contribution >= 0.6 is 0 Å². The van der Waals surface area contributed by atoms with Crippen molar-refractivity contribution in [3.05, 3.63) is 4.91 Å². The fraction of sp³-hybridized carbons (Fsp3) is 1.00. The van der Waals surface area contributed by atoms with Crippen LogP contribution in [0.2, 0.25) is 0 Å². The Kier molecular flexibility index (Phi) is 2.94. The van der Waals surface area contributed by atoms with Gasteiger partial charge in [0.15, 0.2) is 0 Å². The van der Waals surface area contributed by atoms with Crippen LogP contribution in [-0.4, -0.2) is 62.1 Å². The third-order valence-electron chi connectivity index (χ3n) is 2.22. The molecule has 0 heterocycles. The first-order valence-electron chi connectivity index (χ1n) is 3.73. The Balaban J connectivity index is 2.85. The normalized spacial score (nSPS) is 51.8. The quantitative estimate of drug-likeness (QED) is 0.281. The maximum Gasteiger partial charge on any atom is 0.149 e. The van der Waals surface area contributed by atoms with Gasteiger partial charge in [0, 0.05) is 0 Å². The number of aliphatic hydroxyl groups is 5. The highest BCUT2D eigenvalue weighted by Gasteiger charge is 2.49. The molecule has 5 N–H and O–H groups in total. The first-order chi connectivity index (χ1) is 6.00.